The van der Waals surface area contributed by atoms with Crippen molar-refractivity contribution in [3.63, 3.8) is 0 Å². The van der Waals surface area contributed by atoms with Gasteiger partial charge in [0.1, 0.15) is 17.1 Å². The maximum absolute atomic E-state index is 13.7. The van der Waals surface area contributed by atoms with Gasteiger partial charge in [0.25, 0.3) is 5.91 Å². The van der Waals surface area contributed by atoms with E-state index >= 15 is 0 Å². The summed E-state index contributed by atoms with van der Waals surface area (Å²) in [4.78, 5) is 23.3. The lowest BCUT2D eigenvalue weighted by Crippen LogP contribution is -2.32. The molecule has 0 spiro atoms. The predicted octanol–water partition coefficient (Wildman–Crippen LogP) is 4.71. The lowest BCUT2D eigenvalue weighted by molar-refractivity contribution is -0.113. The lowest BCUT2D eigenvalue weighted by atomic mass is 9.95. The Morgan fingerprint density at radius 1 is 1.07 bits per heavy atom. The van der Waals surface area contributed by atoms with Gasteiger partial charge in [0.05, 0.1) is 32.5 Å². The molecule has 2 aromatic carbocycles. The number of amides is 1. The van der Waals surface area contributed by atoms with Crippen LogP contribution in [-0.4, -0.2) is 44.4 Å². The number of nitrogens with one attached hydrogen (secondary N) is 3. The Balaban J connectivity index is 1.82. The van der Waals surface area contributed by atoms with E-state index in [9.17, 15) is 10.1 Å². The number of benzene rings is 2. The topological polar surface area (TPSA) is 130 Å². The van der Waals surface area contributed by atoms with Crippen molar-refractivity contribution in [3.05, 3.63) is 82.2 Å². The summed E-state index contributed by atoms with van der Waals surface area (Å²) in [5.41, 5.74) is 4.44. The van der Waals surface area contributed by atoms with E-state index in [0.717, 1.165) is 11.3 Å². The van der Waals surface area contributed by atoms with E-state index in [1.165, 1.54) is 33.1 Å². The molecule has 0 unspecified atom stereocenters. The van der Waals surface area contributed by atoms with Gasteiger partial charge in [-0.15, -0.1) is 0 Å². The molecule has 1 atom stereocenters. The van der Waals surface area contributed by atoms with Crippen LogP contribution in [0.1, 0.15) is 35.3 Å². The molecule has 1 aliphatic rings. The highest BCUT2D eigenvalue weighted by molar-refractivity contribution is 8.13. The van der Waals surface area contributed by atoms with Crippen molar-refractivity contribution in [2.75, 3.05) is 33.7 Å². The number of para-hydroxylation sites is 1. The quantitative estimate of drug-likeness (QED) is 0.334. The van der Waals surface area contributed by atoms with Crippen LogP contribution in [0.4, 0.5) is 5.69 Å². The van der Waals surface area contributed by atoms with Crippen molar-refractivity contribution in [1.82, 2.24) is 15.6 Å². The molecule has 0 bridgehead atoms. The van der Waals surface area contributed by atoms with Crippen LogP contribution in [-0.2, 0) is 11.3 Å². The zero-order valence-corrected chi connectivity index (χ0v) is 24.6. The van der Waals surface area contributed by atoms with Crippen molar-refractivity contribution < 1.29 is 19.0 Å². The molecule has 1 aromatic heterocycles. The molecule has 1 aliphatic heterocycles. The Bertz CT molecular complexity index is 1520. The second kappa shape index (κ2) is 13.2. The van der Waals surface area contributed by atoms with Crippen molar-refractivity contribution in [1.29, 1.82) is 5.26 Å². The summed E-state index contributed by atoms with van der Waals surface area (Å²) in [6.45, 7) is 4.23. The minimum atomic E-state index is -0.733. The van der Waals surface area contributed by atoms with Crippen molar-refractivity contribution in [2.45, 2.75) is 31.5 Å². The highest BCUT2D eigenvalue weighted by atomic mass is 32.2. The molecule has 0 saturated carbocycles. The normalized spacial score (nSPS) is 14.5. The second-order valence-electron chi connectivity index (χ2n) is 9.13. The van der Waals surface area contributed by atoms with E-state index in [1.54, 1.807) is 12.1 Å². The lowest BCUT2D eigenvalue weighted by Gasteiger charge is -2.27. The Morgan fingerprint density at radius 3 is 2.34 bits per heavy atom. The summed E-state index contributed by atoms with van der Waals surface area (Å²) < 4.78 is 16.7. The average Bonchev–Trinajstić information content (AvgIpc) is 2.96. The van der Waals surface area contributed by atoms with Crippen LogP contribution in [0.2, 0.25) is 0 Å². The van der Waals surface area contributed by atoms with E-state index in [0.29, 0.717) is 62.1 Å². The van der Waals surface area contributed by atoms with Gasteiger partial charge in [0, 0.05) is 23.6 Å². The first-order chi connectivity index (χ1) is 19.8. The van der Waals surface area contributed by atoms with Crippen molar-refractivity contribution >= 4 is 28.5 Å². The van der Waals surface area contributed by atoms with Gasteiger partial charge < -0.3 is 30.2 Å². The average molecular weight is 573 g/mol. The van der Waals surface area contributed by atoms with Crippen LogP contribution in [0.25, 0.3) is 0 Å². The van der Waals surface area contributed by atoms with E-state index in [-0.39, 0.29) is 5.91 Å². The number of methoxy groups -OCH3 is 3. The van der Waals surface area contributed by atoms with Crippen LogP contribution in [0.15, 0.2) is 69.8 Å². The Hall–Kier alpha value is -4.53. The smallest absolute Gasteiger partial charge is 0.255 e. The number of anilines is 1. The molecule has 3 N–H and O–H groups in total. The fourth-order valence-corrected chi connectivity index (χ4v) is 5.55. The summed E-state index contributed by atoms with van der Waals surface area (Å²) in [7, 11) is 6.43. The highest BCUT2D eigenvalue weighted by Crippen LogP contribution is 2.43. The molecule has 10 nitrogen and oxygen atoms in total. The molecule has 0 fully saturated rings. The van der Waals surface area contributed by atoms with E-state index in [1.807, 2.05) is 57.3 Å². The Morgan fingerprint density at radius 2 is 1.76 bits per heavy atom. The van der Waals surface area contributed by atoms with Gasteiger partial charge in [-0.1, -0.05) is 18.2 Å². The summed E-state index contributed by atoms with van der Waals surface area (Å²) in [5, 5.41) is 20.3. The largest absolute Gasteiger partial charge is 0.493 e. The summed E-state index contributed by atoms with van der Waals surface area (Å²) >= 11 is 1.24. The molecule has 11 heteroatoms. The number of nitrogens with zero attached hydrogens (tertiary/aromatic N) is 3. The molecule has 1 amide bonds. The van der Waals surface area contributed by atoms with Crippen molar-refractivity contribution in [2.24, 2.45) is 4.99 Å². The van der Waals surface area contributed by atoms with Gasteiger partial charge in [-0.05, 0) is 74.1 Å². The summed E-state index contributed by atoms with van der Waals surface area (Å²) in [6.07, 6.45) is 0. The monoisotopic (exact) mass is 572 g/mol. The van der Waals surface area contributed by atoms with Gasteiger partial charge >= 0.3 is 0 Å². The first-order valence-electron chi connectivity index (χ1n) is 12.8. The minimum absolute atomic E-state index is 0.310. The number of thioether (sulfide) groups is 1. The van der Waals surface area contributed by atoms with Crippen LogP contribution in [0, 0.1) is 18.3 Å². The number of hydrogen-bond donors (Lipinski definition) is 3. The number of aryl methyl sites for hydroxylation is 1. The maximum Gasteiger partial charge on any atom is 0.255 e. The summed E-state index contributed by atoms with van der Waals surface area (Å²) in [6, 6.07) is 16.2. The van der Waals surface area contributed by atoms with Crippen molar-refractivity contribution in [3.8, 4) is 23.3 Å². The fourth-order valence-electron chi connectivity index (χ4n) is 4.54. The zero-order valence-electron chi connectivity index (χ0n) is 23.8. The first kappa shape index (κ1) is 29.5. The summed E-state index contributed by atoms with van der Waals surface area (Å²) in [5.74, 6) is 1.00. The van der Waals surface area contributed by atoms with E-state index < -0.39 is 6.04 Å². The molecular formula is C30H32N6O4S. The number of pyridine rings is 1. The molecule has 3 aromatic rings. The number of carbonyl (C=O) groups excluding carboxylic acids is 1. The number of rotatable bonds is 9. The molecule has 4 rings (SSSR count). The number of aliphatic imine (C=N–C) groups is 1. The number of allylic oxidation sites excluding steroid dienone is 1. The van der Waals surface area contributed by atoms with Gasteiger partial charge in [0.15, 0.2) is 16.7 Å². The molecule has 2 heterocycles. The van der Waals surface area contributed by atoms with Gasteiger partial charge in [-0.2, -0.15) is 5.26 Å². The van der Waals surface area contributed by atoms with E-state index in [2.05, 4.69) is 27.0 Å². The number of hydrogen-bond acceptors (Lipinski definition) is 10. The maximum atomic E-state index is 13.7. The zero-order chi connectivity index (χ0) is 29.5. The fraction of sp³-hybridized carbons (Fsp3) is 0.267. The standard InChI is InChI=1S/C30H32N6O4S/c1-17-12-20(16-32-3)22(15-31)29(33-17)41-30-34-18(2)25(28(37)35-21-10-8-7-9-11-21)26(36-30)19-13-23(38-4)27(40-6)24(14-19)39-5/h7-14,26,32H,16H2,1-6H3,(H,34,36)(H,35,37)/t26-/m0/s1. The molecule has 0 saturated heterocycles. The number of carbonyl (C=O) groups is 1. The van der Waals surface area contributed by atoms with Crippen LogP contribution < -0.4 is 30.2 Å². The van der Waals surface area contributed by atoms with Gasteiger partial charge in [-0.3, -0.25) is 4.79 Å². The molecule has 0 aliphatic carbocycles. The molecular weight excluding hydrogens is 540 g/mol. The van der Waals surface area contributed by atoms with Crippen LogP contribution in [0.3, 0.4) is 0 Å². The predicted molar refractivity (Wildman–Crippen MR) is 159 cm³/mol. The SMILES string of the molecule is CNCc1cc(C)nc(SC2=N[C@@H](c3cc(OC)c(OC)c(OC)c3)C(C(=O)Nc3ccccc3)=C(C)N2)c1C#N. The number of nitriles is 1. The molecule has 212 valence electrons. The molecule has 41 heavy (non-hydrogen) atoms. The highest BCUT2D eigenvalue weighted by Gasteiger charge is 2.32. The first-order valence-corrected chi connectivity index (χ1v) is 13.6. The minimum Gasteiger partial charge on any atom is -0.493 e. The number of aromatic nitrogens is 1. The Labute approximate surface area is 243 Å². The van der Waals surface area contributed by atoms with Crippen LogP contribution in [0.5, 0.6) is 17.2 Å². The number of amidine groups is 1. The van der Waals surface area contributed by atoms with Crippen LogP contribution >= 0.6 is 11.8 Å². The van der Waals surface area contributed by atoms with E-state index in [4.69, 9.17) is 19.2 Å². The number of ether oxygens (including phenoxy) is 3. The Kier molecular flexibility index (Phi) is 9.49. The van der Waals surface area contributed by atoms with Gasteiger partial charge in [0.2, 0.25) is 5.75 Å². The third kappa shape index (κ3) is 6.45. The third-order valence-corrected chi connectivity index (χ3v) is 7.26. The third-order valence-electron chi connectivity index (χ3n) is 6.37. The second-order valence-corrected chi connectivity index (χ2v) is 10.1. The van der Waals surface area contributed by atoms with Gasteiger partial charge in [-0.25, -0.2) is 9.98 Å². The molecule has 0 radical (unpaired) electrons.